The molecule has 5 rings (SSSR count). The van der Waals surface area contributed by atoms with E-state index in [1.807, 2.05) is 30.3 Å². The van der Waals surface area contributed by atoms with E-state index in [1.165, 1.54) is 24.8 Å². The summed E-state index contributed by atoms with van der Waals surface area (Å²) in [6.07, 6.45) is 7.63. The van der Waals surface area contributed by atoms with E-state index < -0.39 is 11.5 Å². The lowest BCUT2D eigenvalue weighted by Gasteiger charge is -2.34. The molecule has 3 aromatic rings. The number of carboxylic acid groups (broad SMARTS) is 1. The first-order chi connectivity index (χ1) is 17.5. The van der Waals surface area contributed by atoms with Gasteiger partial charge < -0.3 is 15.3 Å². The van der Waals surface area contributed by atoms with Crippen LogP contribution < -0.4 is 5.32 Å². The molecule has 1 aliphatic carbocycles. The van der Waals surface area contributed by atoms with Crippen LogP contribution in [0.15, 0.2) is 66.7 Å². The number of anilines is 2. The third-order valence-electron chi connectivity index (χ3n) is 7.79. The van der Waals surface area contributed by atoms with Crippen molar-refractivity contribution >= 4 is 23.3 Å². The fourth-order valence-electron chi connectivity index (χ4n) is 5.63. The Labute approximate surface area is 213 Å². The van der Waals surface area contributed by atoms with Gasteiger partial charge in [-0.3, -0.25) is 4.79 Å². The van der Waals surface area contributed by atoms with Crippen molar-refractivity contribution in [1.82, 2.24) is 4.90 Å². The lowest BCUT2D eigenvalue weighted by molar-refractivity contribution is -0.149. The van der Waals surface area contributed by atoms with Crippen molar-refractivity contribution in [2.45, 2.75) is 70.4 Å². The highest BCUT2D eigenvalue weighted by Gasteiger charge is 2.51. The lowest BCUT2D eigenvalue weighted by Crippen LogP contribution is -2.52. The first-order valence-corrected chi connectivity index (χ1v) is 13.1. The number of fused-ring (bicyclic) bond motifs is 1. The van der Waals surface area contributed by atoms with E-state index >= 15 is 0 Å². The van der Waals surface area contributed by atoms with Gasteiger partial charge in [-0.15, -0.1) is 0 Å². The first kappa shape index (κ1) is 24.1. The van der Waals surface area contributed by atoms with Crippen molar-refractivity contribution in [3.05, 3.63) is 83.4 Å². The topological polar surface area (TPSA) is 69.6 Å². The van der Waals surface area contributed by atoms with Gasteiger partial charge in [0.05, 0.1) is 0 Å². The van der Waals surface area contributed by atoms with Gasteiger partial charge in [0, 0.05) is 23.5 Å². The summed E-state index contributed by atoms with van der Waals surface area (Å²) in [4.78, 5) is 27.0. The van der Waals surface area contributed by atoms with Crippen molar-refractivity contribution in [3.8, 4) is 11.1 Å². The van der Waals surface area contributed by atoms with E-state index in [-0.39, 0.29) is 5.91 Å². The molecule has 0 saturated heterocycles. The normalized spacial score (nSPS) is 16.2. The summed E-state index contributed by atoms with van der Waals surface area (Å²) in [5.41, 5.74) is 5.90. The molecular formula is C31H34N2O3. The second-order valence-electron chi connectivity index (χ2n) is 10.2. The highest BCUT2D eigenvalue weighted by Crippen LogP contribution is 2.41. The molecule has 0 atom stereocenters. The fraction of sp³-hybridized carbons (Fsp3) is 0.355. The van der Waals surface area contributed by atoms with Crippen molar-refractivity contribution in [3.63, 3.8) is 0 Å². The first-order valence-electron chi connectivity index (χ1n) is 13.1. The molecule has 1 aliphatic heterocycles. The number of hydrogen-bond donors (Lipinski definition) is 2. The molecule has 1 amide bonds. The van der Waals surface area contributed by atoms with Gasteiger partial charge in [0.1, 0.15) is 5.54 Å². The average Bonchev–Trinajstić information content (AvgIpc) is 3.52. The maximum Gasteiger partial charge on any atom is 0.329 e. The number of carbonyl (C=O) groups is 2. The molecule has 5 nitrogen and oxygen atoms in total. The zero-order valence-electron chi connectivity index (χ0n) is 20.9. The molecule has 0 spiro atoms. The summed E-state index contributed by atoms with van der Waals surface area (Å²) >= 11 is 0. The number of rotatable bonds is 9. The molecule has 2 N–H and O–H groups in total. The van der Waals surface area contributed by atoms with Crippen LogP contribution in [0.4, 0.5) is 11.4 Å². The molecule has 0 aromatic heterocycles. The number of amides is 1. The number of nitrogens with zero attached hydrogens (tertiary/aromatic N) is 1. The smallest absolute Gasteiger partial charge is 0.329 e. The van der Waals surface area contributed by atoms with Crippen LogP contribution in [0, 0.1) is 0 Å². The van der Waals surface area contributed by atoms with Gasteiger partial charge >= 0.3 is 5.97 Å². The summed E-state index contributed by atoms with van der Waals surface area (Å²) < 4.78 is 0. The summed E-state index contributed by atoms with van der Waals surface area (Å²) in [5, 5.41) is 13.4. The van der Waals surface area contributed by atoms with Crippen LogP contribution in [-0.2, 0) is 17.8 Å². The number of carboxylic acids is 1. The summed E-state index contributed by atoms with van der Waals surface area (Å²) in [6, 6.07) is 22.7. The highest BCUT2D eigenvalue weighted by molar-refractivity contribution is 6.02. The number of nitrogens with one attached hydrogen (secondary N) is 1. The molecule has 1 saturated carbocycles. The minimum atomic E-state index is -1.06. The Balaban J connectivity index is 1.28. The maximum absolute atomic E-state index is 13.3. The SMILES string of the molecule is CCCCCc1ccc(Nc2ccc(-c3ccc4c(c3)C(=O)N(C3(C(=O)O)CCCC3)C4)cc2)cc1. The van der Waals surface area contributed by atoms with E-state index in [2.05, 4.69) is 48.6 Å². The molecular weight excluding hydrogens is 448 g/mol. The maximum atomic E-state index is 13.3. The second-order valence-corrected chi connectivity index (χ2v) is 10.2. The quantitative estimate of drug-likeness (QED) is 0.317. The summed E-state index contributed by atoms with van der Waals surface area (Å²) in [6.45, 7) is 2.60. The van der Waals surface area contributed by atoms with Crippen LogP contribution in [0.5, 0.6) is 0 Å². The zero-order valence-corrected chi connectivity index (χ0v) is 20.9. The molecule has 0 unspecified atom stereocenters. The molecule has 1 heterocycles. The number of aliphatic carboxylic acids is 1. The predicted molar refractivity (Wildman–Crippen MR) is 144 cm³/mol. The van der Waals surface area contributed by atoms with E-state index in [9.17, 15) is 14.7 Å². The Morgan fingerprint density at radius 2 is 1.56 bits per heavy atom. The van der Waals surface area contributed by atoms with E-state index in [4.69, 9.17) is 0 Å². The van der Waals surface area contributed by atoms with Crippen LogP contribution in [0.25, 0.3) is 11.1 Å². The Morgan fingerprint density at radius 3 is 2.19 bits per heavy atom. The third-order valence-corrected chi connectivity index (χ3v) is 7.79. The minimum Gasteiger partial charge on any atom is -0.479 e. The standard InChI is InChI=1S/C31H34N2O3/c1-2-3-4-7-22-8-14-26(15-9-22)32-27-16-12-23(13-17-27)24-10-11-25-21-33(29(34)28(25)20-24)31(30(35)36)18-5-6-19-31/h8-17,20,32H,2-7,18-19,21H2,1H3,(H,35,36). The monoisotopic (exact) mass is 482 g/mol. The van der Waals surface area contributed by atoms with E-state index in [0.717, 1.165) is 47.3 Å². The number of hydrogen-bond acceptors (Lipinski definition) is 3. The Morgan fingerprint density at radius 1 is 0.917 bits per heavy atom. The lowest BCUT2D eigenvalue weighted by atomic mass is 9.95. The molecule has 0 radical (unpaired) electrons. The Kier molecular flexibility index (Phi) is 6.82. The van der Waals surface area contributed by atoms with Crippen molar-refractivity contribution in [2.24, 2.45) is 0 Å². The molecule has 0 bridgehead atoms. The molecule has 36 heavy (non-hydrogen) atoms. The molecule has 186 valence electrons. The van der Waals surface area contributed by atoms with Gasteiger partial charge in [-0.05, 0) is 78.3 Å². The van der Waals surface area contributed by atoms with Gasteiger partial charge in [0.25, 0.3) is 5.91 Å². The van der Waals surface area contributed by atoms with Crippen molar-refractivity contribution < 1.29 is 14.7 Å². The van der Waals surface area contributed by atoms with Crippen molar-refractivity contribution in [2.75, 3.05) is 5.32 Å². The van der Waals surface area contributed by atoms with Crippen LogP contribution in [0.1, 0.15) is 73.4 Å². The Bertz CT molecular complexity index is 1240. The van der Waals surface area contributed by atoms with Gasteiger partial charge in [0.2, 0.25) is 0 Å². The van der Waals surface area contributed by atoms with Gasteiger partial charge in [-0.1, -0.05) is 69.0 Å². The van der Waals surface area contributed by atoms with Gasteiger partial charge in [0.15, 0.2) is 0 Å². The number of benzene rings is 3. The molecule has 1 fully saturated rings. The molecule has 3 aromatic carbocycles. The number of carbonyl (C=O) groups excluding carboxylic acids is 1. The van der Waals surface area contributed by atoms with E-state index in [0.29, 0.717) is 24.9 Å². The summed E-state index contributed by atoms with van der Waals surface area (Å²) in [7, 11) is 0. The zero-order chi connectivity index (χ0) is 25.1. The van der Waals surface area contributed by atoms with Crippen LogP contribution in [-0.4, -0.2) is 27.4 Å². The van der Waals surface area contributed by atoms with Crippen LogP contribution >= 0.6 is 0 Å². The van der Waals surface area contributed by atoms with Gasteiger partial charge in [-0.2, -0.15) is 0 Å². The van der Waals surface area contributed by atoms with Crippen LogP contribution in [0.2, 0.25) is 0 Å². The second kappa shape index (κ2) is 10.2. The van der Waals surface area contributed by atoms with E-state index in [1.54, 1.807) is 4.90 Å². The average molecular weight is 483 g/mol. The number of aryl methyl sites for hydroxylation is 1. The minimum absolute atomic E-state index is 0.160. The highest BCUT2D eigenvalue weighted by atomic mass is 16.4. The van der Waals surface area contributed by atoms with Crippen LogP contribution in [0.3, 0.4) is 0 Å². The predicted octanol–water partition coefficient (Wildman–Crippen LogP) is 7.18. The Hall–Kier alpha value is -3.60. The fourth-order valence-corrected chi connectivity index (χ4v) is 5.63. The largest absolute Gasteiger partial charge is 0.479 e. The molecule has 2 aliphatic rings. The molecule has 5 heteroatoms. The summed E-state index contributed by atoms with van der Waals surface area (Å²) in [5.74, 6) is -1.04. The number of unbranched alkanes of at least 4 members (excludes halogenated alkanes) is 2. The van der Waals surface area contributed by atoms with Gasteiger partial charge in [-0.25, -0.2) is 4.79 Å². The third kappa shape index (κ3) is 4.62. The van der Waals surface area contributed by atoms with Crippen molar-refractivity contribution in [1.29, 1.82) is 0 Å².